The van der Waals surface area contributed by atoms with Crippen LogP contribution in [0.25, 0.3) is 0 Å². The minimum absolute atomic E-state index is 0.114. The number of allylic oxidation sites excluding steroid dienone is 1. The third-order valence-corrected chi connectivity index (χ3v) is 3.55. The van der Waals surface area contributed by atoms with Crippen LogP contribution in [0.2, 0.25) is 0 Å². The molecule has 0 spiro atoms. The van der Waals surface area contributed by atoms with Crippen LogP contribution in [0, 0.1) is 17.6 Å². The highest BCUT2D eigenvalue weighted by Gasteiger charge is 2.34. The Bertz CT molecular complexity index is 654. The third-order valence-electron chi connectivity index (χ3n) is 3.33. The van der Waals surface area contributed by atoms with Crippen LogP contribution < -0.4 is 10.6 Å². The van der Waals surface area contributed by atoms with E-state index in [9.17, 15) is 13.6 Å². The van der Waals surface area contributed by atoms with Gasteiger partial charge in [-0.3, -0.25) is 0 Å². The fourth-order valence-corrected chi connectivity index (χ4v) is 2.56. The normalized spacial score (nSPS) is 17.8. The highest BCUT2D eigenvalue weighted by molar-refractivity contribution is 7.80. The lowest BCUT2D eigenvalue weighted by Gasteiger charge is -2.30. The van der Waals surface area contributed by atoms with Crippen LogP contribution in [0.15, 0.2) is 29.5 Å². The van der Waals surface area contributed by atoms with Gasteiger partial charge in [-0.2, -0.15) is 0 Å². The molecule has 23 heavy (non-hydrogen) atoms. The van der Waals surface area contributed by atoms with Crippen molar-refractivity contribution < 1.29 is 18.3 Å². The number of nitrogens with one attached hydrogen (secondary N) is 2. The minimum atomic E-state index is -1.04. The average molecular weight is 340 g/mol. The van der Waals surface area contributed by atoms with E-state index in [-0.39, 0.29) is 28.8 Å². The van der Waals surface area contributed by atoms with Crippen LogP contribution >= 0.6 is 12.2 Å². The van der Waals surface area contributed by atoms with Gasteiger partial charge in [-0.1, -0.05) is 19.9 Å². The number of carbonyl (C=O) groups excluding carboxylic acids is 1. The number of benzene rings is 1. The molecule has 1 heterocycles. The Kier molecular flexibility index (Phi) is 5.30. The van der Waals surface area contributed by atoms with E-state index >= 15 is 0 Å². The molecule has 0 amide bonds. The Labute approximate surface area is 138 Å². The summed E-state index contributed by atoms with van der Waals surface area (Å²) < 4.78 is 33.5. The van der Waals surface area contributed by atoms with Crippen molar-refractivity contribution in [2.45, 2.75) is 26.8 Å². The van der Waals surface area contributed by atoms with E-state index in [0.29, 0.717) is 5.70 Å². The molecule has 0 bridgehead atoms. The smallest absolute Gasteiger partial charge is 0.338 e. The number of hydrogen-bond acceptors (Lipinski definition) is 3. The second-order valence-electron chi connectivity index (χ2n) is 5.70. The summed E-state index contributed by atoms with van der Waals surface area (Å²) in [6, 6.07) is 2.50. The summed E-state index contributed by atoms with van der Waals surface area (Å²) >= 11 is 5.04. The van der Waals surface area contributed by atoms with Gasteiger partial charge in [-0.25, -0.2) is 13.6 Å². The summed E-state index contributed by atoms with van der Waals surface area (Å²) in [5, 5.41) is 5.73. The van der Waals surface area contributed by atoms with Crippen LogP contribution in [-0.2, 0) is 9.53 Å². The number of hydrogen-bond donors (Lipinski definition) is 2. The summed E-state index contributed by atoms with van der Waals surface area (Å²) in [6.45, 7) is 5.63. The Morgan fingerprint density at radius 2 is 1.96 bits per heavy atom. The number of esters is 1. The zero-order valence-corrected chi connectivity index (χ0v) is 13.9. The molecule has 0 saturated heterocycles. The number of carbonyl (C=O) groups is 1. The molecule has 7 heteroatoms. The van der Waals surface area contributed by atoms with Gasteiger partial charge in [-0.15, -0.1) is 0 Å². The molecule has 4 nitrogen and oxygen atoms in total. The van der Waals surface area contributed by atoms with Crippen LogP contribution in [-0.4, -0.2) is 17.7 Å². The third kappa shape index (κ3) is 3.85. The largest absolute Gasteiger partial charge is 0.462 e. The second-order valence-corrected chi connectivity index (χ2v) is 6.11. The van der Waals surface area contributed by atoms with Crippen LogP contribution in [0.3, 0.4) is 0 Å². The fraction of sp³-hybridized carbons (Fsp3) is 0.375. The summed E-state index contributed by atoms with van der Waals surface area (Å²) in [5.41, 5.74) is 0.269. The van der Waals surface area contributed by atoms with E-state index in [4.69, 9.17) is 17.0 Å². The highest BCUT2D eigenvalue weighted by Crippen LogP contribution is 2.31. The first kappa shape index (κ1) is 17.3. The van der Waals surface area contributed by atoms with Crippen LogP contribution in [0.1, 0.15) is 32.4 Å². The Balaban J connectivity index is 2.44. The lowest BCUT2D eigenvalue weighted by Crippen LogP contribution is -2.45. The van der Waals surface area contributed by atoms with Gasteiger partial charge in [0.05, 0.1) is 23.8 Å². The molecule has 0 aromatic heterocycles. The molecule has 2 rings (SSSR count). The topological polar surface area (TPSA) is 50.4 Å². The van der Waals surface area contributed by atoms with E-state index in [2.05, 4.69) is 10.6 Å². The van der Waals surface area contributed by atoms with Crippen molar-refractivity contribution in [2.24, 2.45) is 5.92 Å². The predicted octanol–water partition coefficient (Wildman–Crippen LogP) is 2.96. The van der Waals surface area contributed by atoms with E-state index < -0.39 is 23.6 Å². The monoisotopic (exact) mass is 340 g/mol. The van der Waals surface area contributed by atoms with Gasteiger partial charge in [0.25, 0.3) is 0 Å². The van der Waals surface area contributed by atoms with Crippen molar-refractivity contribution in [1.82, 2.24) is 10.6 Å². The van der Waals surface area contributed by atoms with Gasteiger partial charge in [0.2, 0.25) is 0 Å². The lowest BCUT2D eigenvalue weighted by atomic mass is 9.94. The molecule has 1 aromatic rings. The highest BCUT2D eigenvalue weighted by atomic mass is 32.1. The summed E-state index contributed by atoms with van der Waals surface area (Å²) in [6.07, 6.45) is 0. The molecule has 1 aliphatic rings. The zero-order chi connectivity index (χ0) is 17.1. The quantitative estimate of drug-likeness (QED) is 0.652. The number of rotatable bonds is 4. The molecule has 0 unspecified atom stereocenters. The van der Waals surface area contributed by atoms with E-state index in [0.717, 1.165) is 12.1 Å². The second kappa shape index (κ2) is 7.04. The molecular weight excluding hydrogens is 322 g/mol. The van der Waals surface area contributed by atoms with Crippen molar-refractivity contribution in [2.75, 3.05) is 6.61 Å². The zero-order valence-electron chi connectivity index (χ0n) is 13.1. The number of ether oxygens (including phenoxy) is 1. The number of thiocarbonyl (C=S) groups is 1. The van der Waals surface area contributed by atoms with Gasteiger partial charge in [0, 0.05) is 5.70 Å². The van der Waals surface area contributed by atoms with Crippen molar-refractivity contribution in [3.63, 3.8) is 0 Å². The first-order valence-corrected chi connectivity index (χ1v) is 7.61. The number of halogens is 2. The Hall–Kier alpha value is -2.02. The standard InChI is InChI=1S/C16H18F2N2O2S/c1-8(2)7-22-15(21)12-9(3)19-16(23)20-14(12)13-10(17)5-4-6-11(13)18/h4-6,8,14H,7H2,1-3H3,(H2,19,20,23)/t14-/m1/s1. The Morgan fingerprint density at radius 3 is 2.52 bits per heavy atom. The lowest BCUT2D eigenvalue weighted by molar-refractivity contribution is -0.140. The van der Waals surface area contributed by atoms with Crippen molar-refractivity contribution in [3.05, 3.63) is 46.7 Å². The molecule has 124 valence electrons. The predicted molar refractivity (Wildman–Crippen MR) is 86.5 cm³/mol. The minimum Gasteiger partial charge on any atom is -0.462 e. The summed E-state index contributed by atoms with van der Waals surface area (Å²) in [4.78, 5) is 12.4. The van der Waals surface area contributed by atoms with Crippen LogP contribution in [0.4, 0.5) is 8.78 Å². The summed E-state index contributed by atoms with van der Waals surface area (Å²) in [7, 11) is 0. The van der Waals surface area contributed by atoms with Gasteiger partial charge >= 0.3 is 5.97 Å². The Morgan fingerprint density at radius 1 is 1.35 bits per heavy atom. The molecule has 0 saturated carbocycles. The average Bonchev–Trinajstić information content (AvgIpc) is 2.44. The van der Waals surface area contributed by atoms with Crippen LogP contribution in [0.5, 0.6) is 0 Å². The van der Waals surface area contributed by atoms with Gasteiger partial charge < -0.3 is 15.4 Å². The molecule has 2 N–H and O–H groups in total. The van der Waals surface area contributed by atoms with E-state index in [1.165, 1.54) is 6.07 Å². The first-order chi connectivity index (χ1) is 10.8. The van der Waals surface area contributed by atoms with Gasteiger partial charge in [0.1, 0.15) is 11.6 Å². The molecule has 0 fully saturated rings. The molecule has 1 atom stereocenters. The maximum absolute atomic E-state index is 14.1. The van der Waals surface area contributed by atoms with Gasteiger partial charge in [0.15, 0.2) is 5.11 Å². The SMILES string of the molecule is CC1=C(C(=O)OCC(C)C)[C@H](c2c(F)cccc2F)NC(=S)N1. The van der Waals surface area contributed by atoms with Crippen molar-refractivity contribution in [1.29, 1.82) is 0 Å². The summed E-state index contributed by atoms with van der Waals surface area (Å²) in [5.74, 6) is -2.00. The molecule has 1 aromatic carbocycles. The first-order valence-electron chi connectivity index (χ1n) is 7.20. The van der Waals surface area contributed by atoms with E-state index in [1.807, 2.05) is 13.8 Å². The maximum atomic E-state index is 14.1. The fourth-order valence-electron chi connectivity index (χ4n) is 2.29. The molecule has 0 aliphatic carbocycles. The van der Waals surface area contributed by atoms with Crippen molar-refractivity contribution in [3.8, 4) is 0 Å². The molecule has 0 radical (unpaired) electrons. The van der Waals surface area contributed by atoms with Crippen molar-refractivity contribution >= 4 is 23.3 Å². The van der Waals surface area contributed by atoms with Gasteiger partial charge in [-0.05, 0) is 37.2 Å². The molecular formula is C16H18F2N2O2S. The molecule has 1 aliphatic heterocycles. The van der Waals surface area contributed by atoms with E-state index in [1.54, 1.807) is 6.92 Å². The maximum Gasteiger partial charge on any atom is 0.338 e.